The van der Waals surface area contributed by atoms with Crippen LogP contribution in [0, 0.1) is 0 Å². The van der Waals surface area contributed by atoms with Gasteiger partial charge in [0.05, 0.1) is 6.33 Å². The zero-order valence-corrected chi connectivity index (χ0v) is 13.3. The van der Waals surface area contributed by atoms with E-state index in [4.69, 9.17) is 5.73 Å². The number of nitrogens with two attached hydrogens (primary N) is 1. The number of nitrogens with zero attached hydrogens (tertiary/aromatic N) is 4. The fourth-order valence-corrected chi connectivity index (χ4v) is 4.09. The van der Waals surface area contributed by atoms with Gasteiger partial charge in [0.25, 0.3) is 10.0 Å². The standard InChI is InChI=1S/C12H23N5O2S/c1-12(2,3)16-5-7-17(8-6-16)20(18,19)11-10(13)14-9-15(11)4/h9H,5-8,13H2,1-4H3. The first-order valence-corrected chi connectivity index (χ1v) is 8.10. The molecular weight excluding hydrogens is 278 g/mol. The first-order chi connectivity index (χ1) is 9.14. The van der Waals surface area contributed by atoms with Crippen LogP contribution in [0.2, 0.25) is 0 Å². The third-order valence-corrected chi connectivity index (χ3v) is 5.71. The van der Waals surface area contributed by atoms with E-state index in [2.05, 4.69) is 30.7 Å². The van der Waals surface area contributed by atoms with E-state index in [1.54, 1.807) is 7.05 Å². The Hall–Kier alpha value is -1.12. The number of hydrogen-bond acceptors (Lipinski definition) is 5. The molecule has 2 N–H and O–H groups in total. The van der Waals surface area contributed by atoms with Crippen LogP contribution in [0.1, 0.15) is 20.8 Å². The second-order valence-corrected chi connectivity index (χ2v) is 7.96. The molecule has 0 saturated carbocycles. The van der Waals surface area contributed by atoms with Crippen LogP contribution < -0.4 is 5.73 Å². The maximum Gasteiger partial charge on any atom is 0.262 e. The maximum absolute atomic E-state index is 12.6. The Morgan fingerprint density at radius 1 is 1.20 bits per heavy atom. The normalized spacial score (nSPS) is 19.4. The van der Waals surface area contributed by atoms with Crippen molar-refractivity contribution in [1.82, 2.24) is 18.8 Å². The van der Waals surface area contributed by atoms with Crippen LogP contribution in [0.15, 0.2) is 11.4 Å². The van der Waals surface area contributed by atoms with E-state index < -0.39 is 10.0 Å². The monoisotopic (exact) mass is 301 g/mol. The summed E-state index contributed by atoms with van der Waals surface area (Å²) in [6, 6.07) is 0. The molecule has 0 amide bonds. The molecule has 2 rings (SSSR count). The lowest BCUT2D eigenvalue weighted by Gasteiger charge is -2.41. The van der Waals surface area contributed by atoms with Crippen LogP contribution in [-0.4, -0.2) is 58.9 Å². The van der Waals surface area contributed by atoms with Gasteiger partial charge in [-0.25, -0.2) is 13.4 Å². The molecule has 0 aromatic carbocycles. The number of anilines is 1. The molecule has 0 radical (unpaired) electrons. The molecule has 114 valence electrons. The van der Waals surface area contributed by atoms with Crippen LogP contribution in [0.3, 0.4) is 0 Å². The third-order valence-electron chi connectivity index (χ3n) is 3.68. The van der Waals surface area contributed by atoms with Gasteiger partial charge < -0.3 is 10.3 Å². The minimum absolute atomic E-state index is 0.0570. The van der Waals surface area contributed by atoms with Crippen LogP contribution in [0.4, 0.5) is 5.82 Å². The van der Waals surface area contributed by atoms with Crippen molar-refractivity contribution in [3.8, 4) is 0 Å². The highest BCUT2D eigenvalue weighted by Gasteiger charge is 2.34. The Morgan fingerprint density at radius 3 is 2.15 bits per heavy atom. The predicted molar refractivity (Wildman–Crippen MR) is 77.7 cm³/mol. The van der Waals surface area contributed by atoms with E-state index in [9.17, 15) is 8.42 Å². The van der Waals surface area contributed by atoms with Crippen LogP contribution in [-0.2, 0) is 17.1 Å². The average Bonchev–Trinajstić information content (AvgIpc) is 2.68. The van der Waals surface area contributed by atoms with Crippen molar-refractivity contribution in [2.75, 3.05) is 31.9 Å². The Balaban J connectivity index is 2.18. The predicted octanol–water partition coefficient (Wildman–Crippen LogP) is 0.107. The molecular formula is C12H23N5O2S. The summed E-state index contributed by atoms with van der Waals surface area (Å²) in [5.41, 5.74) is 5.74. The Labute approximate surface area is 120 Å². The van der Waals surface area contributed by atoms with Gasteiger partial charge >= 0.3 is 0 Å². The third kappa shape index (κ3) is 2.68. The van der Waals surface area contributed by atoms with Crippen molar-refractivity contribution in [1.29, 1.82) is 0 Å². The summed E-state index contributed by atoms with van der Waals surface area (Å²) >= 11 is 0. The minimum Gasteiger partial charge on any atom is -0.381 e. The summed E-state index contributed by atoms with van der Waals surface area (Å²) in [4.78, 5) is 6.14. The van der Waals surface area contributed by atoms with E-state index in [-0.39, 0.29) is 16.4 Å². The number of piperazine rings is 1. The van der Waals surface area contributed by atoms with Gasteiger partial charge in [-0.3, -0.25) is 4.90 Å². The quantitative estimate of drug-likeness (QED) is 0.838. The van der Waals surface area contributed by atoms with E-state index in [1.807, 2.05) is 0 Å². The second kappa shape index (κ2) is 5.01. The molecule has 0 atom stereocenters. The largest absolute Gasteiger partial charge is 0.381 e. The molecule has 1 aliphatic rings. The molecule has 1 aromatic heterocycles. The van der Waals surface area contributed by atoms with Gasteiger partial charge in [-0.15, -0.1) is 0 Å². The van der Waals surface area contributed by atoms with Gasteiger partial charge in [0, 0.05) is 38.8 Å². The van der Waals surface area contributed by atoms with E-state index >= 15 is 0 Å². The lowest BCUT2D eigenvalue weighted by atomic mass is 10.1. The van der Waals surface area contributed by atoms with Gasteiger partial charge in [-0.2, -0.15) is 4.31 Å². The molecule has 0 aliphatic carbocycles. The number of rotatable bonds is 2. The number of sulfonamides is 1. The van der Waals surface area contributed by atoms with Crippen molar-refractivity contribution in [3.63, 3.8) is 0 Å². The first-order valence-electron chi connectivity index (χ1n) is 6.66. The fraction of sp³-hybridized carbons (Fsp3) is 0.750. The summed E-state index contributed by atoms with van der Waals surface area (Å²) in [6.07, 6.45) is 1.42. The highest BCUT2D eigenvalue weighted by molar-refractivity contribution is 7.89. The number of aromatic nitrogens is 2. The van der Waals surface area contributed by atoms with Crippen molar-refractivity contribution >= 4 is 15.8 Å². The van der Waals surface area contributed by atoms with Gasteiger partial charge in [0.1, 0.15) is 0 Å². The summed E-state index contributed by atoms with van der Waals surface area (Å²) in [5.74, 6) is 0.0609. The molecule has 1 saturated heterocycles. The Bertz CT molecular complexity index is 560. The van der Waals surface area contributed by atoms with Gasteiger partial charge in [-0.1, -0.05) is 0 Å². The minimum atomic E-state index is -3.57. The molecule has 0 bridgehead atoms. The summed E-state index contributed by atoms with van der Waals surface area (Å²) < 4.78 is 28.2. The van der Waals surface area contributed by atoms with E-state index in [0.29, 0.717) is 13.1 Å². The van der Waals surface area contributed by atoms with Crippen LogP contribution in [0.25, 0.3) is 0 Å². The summed E-state index contributed by atoms with van der Waals surface area (Å²) in [6.45, 7) is 8.80. The molecule has 8 heteroatoms. The fourth-order valence-electron chi connectivity index (χ4n) is 2.47. The van der Waals surface area contributed by atoms with Crippen molar-refractivity contribution in [3.05, 3.63) is 6.33 Å². The van der Waals surface area contributed by atoms with Crippen molar-refractivity contribution in [2.45, 2.75) is 31.3 Å². The lowest BCUT2D eigenvalue weighted by molar-refractivity contribution is 0.0920. The van der Waals surface area contributed by atoms with Gasteiger partial charge in [-0.05, 0) is 20.8 Å². The number of hydrogen-bond donors (Lipinski definition) is 1. The number of nitrogen functional groups attached to an aromatic ring is 1. The Kier molecular flexibility index (Phi) is 3.83. The van der Waals surface area contributed by atoms with E-state index in [1.165, 1.54) is 15.2 Å². The summed E-state index contributed by atoms with van der Waals surface area (Å²) in [5, 5.41) is 0.0849. The molecule has 1 aromatic rings. The van der Waals surface area contributed by atoms with Crippen molar-refractivity contribution in [2.24, 2.45) is 7.05 Å². The molecule has 20 heavy (non-hydrogen) atoms. The SMILES string of the molecule is Cn1cnc(N)c1S(=O)(=O)N1CCN(C(C)(C)C)CC1. The molecule has 0 spiro atoms. The lowest BCUT2D eigenvalue weighted by Crippen LogP contribution is -2.54. The average molecular weight is 301 g/mol. The number of aryl methyl sites for hydroxylation is 1. The van der Waals surface area contributed by atoms with E-state index in [0.717, 1.165) is 13.1 Å². The van der Waals surface area contributed by atoms with Crippen LogP contribution >= 0.6 is 0 Å². The van der Waals surface area contributed by atoms with Gasteiger partial charge in [0.2, 0.25) is 0 Å². The topological polar surface area (TPSA) is 84.5 Å². The van der Waals surface area contributed by atoms with Crippen LogP contribution in [0.5, 0.6) is 0 Å². The molecule has 7 nitrogen and oxygen atoms in total. The first kappa shape index (κ1) is 15.3. The zero-order valence-electron chi connectivity index (χ0n) is 12.5. The molecule has 2 heterocycles. The smallest absolute Gasteiger partial charge is 0.262 e. The number of imidazole rings is 1. The van der Waals surface area contributed by atoms with Gasteiger partial charge in [0.15, 0.2) is 10.8 Å². The molecule has 1 fully saturated rings. The molecule has 1 aliphatic heterocycles. The highest BCUT2D eigenvalue weighted by atomic mass is 32.2. The second-order valence-electron chi connectivity index (χ2n) is 6.11. The maximum atomic E-state index is 12.6. The zero-order chi connectivity index (χ0) is 15.1. The Morgan fingerprint density at radius 2 is 1.75 bits per heavy atom. The van der Waals surface area contributed by atoms with Crippen molar-refractivity contribution < 1.29 is 8.42 Å². The highest BCUT2D eigenvalue weighted by Crippen LogP contribution is 2.23. The summed E-state index contributed by atoms with van der Waals surface area (Å²) in [7, 11) is -1.93. The molecule has 0 unspecified atom stereocenters.